The van der Waals surface area contributed by atoms with Crippen molar-refractivity contribution in [2.24, 2.45) is 17.8 Å². The molecule has 2 heterocycles. The van der Waals surface area contributed by atoms with Crippen LogP contribution in [0.2, 0.25) is 0 Å². The fourth-order valence-corrected chi connectivity index (χ4v) is 6.17. The molecule has 0 amide bonds. The van der Waals surface area contributed by atoms with Crippen LogP contribution in [0, 0.1) is 17.8 Å². The second kappa shape index (κ2) is 6.23. The average molecular weight is 358 g/mol. The van der Waals surface area contributed by atoms with Crippen LogP contribution in [0.4, 0.5) is 17.3 Å². The molecule has 1 aromatic rings. The lowest BCUT2D eigenvalue weighted by Crippen LogP contribution is -2.55. The minimum Gasteiger partial charge on any atom is -0.393 e. The monoisotopic (exact) mass is 357 g/mol. The second-order valence-corrected chi connectivity index (χ2v) is 9.21. The van der Waals surface area contributed by atoms with Gasteiger partial charge in [0.2, 0.25) is 0 Å². The van der Waals surface area contributed by atoms with Crippen molar-refractivity contribution in [2.75, 3.05) is 49.7 Å². The van der Waals surface area contributed by atoms with Gasteiger partial charge in [0.1, 0.15) is 12.0 Å². The summed E-state index contributed by atoms with van der Waals surface area (Å²) in [5.41, 5.74) is 10.7. The highest BCUT2D eigenvalue weighted by atomic mass is 15.5. The van der Waals surface area contributed by atoms with E-state index in [-0.39, 0.29) is 5.54 Å². The summed E-state index contributed by atoms with van der Waals surface area (Å²) in [6, 6.07) is 0. The van der Waals surface area contributed by atoms with Crippen LogP contribution in [0.15, 0.2) is 6.33 Å². The number of nitrogens with two attached hydrogens (primary N) is 1. The molecule has 0 atom stereocenters. The summed E-state index contributed by atoms with van der Waals surface area (Å²) in [5.74, 6) is 4.26. The lowest BCUT2D eigenvalue weighted by Gasteiger charge is -2.57. The summed E-state index contributed by atoms with van der Waals surface area (Å²) in [5, 5.41) is 6.00. The Kier molecular flexibility index (Phi) is 3.97. The lowest BCUT2D eigenvalue weighted by atomic mass is 9.53. The maximum atomic E-state index is 6.47. The minimum atomic E-state index is 0.211. The van der Waals surface area contributed by atoms with Crippen LogP contribution in [-0.2, 0) is 0 Å². The van der Waals surface area contributed by atoms with E-state index in [0.29, 0.717) is 5.69 Å². The van der Waals surface area contributed by atoms with Gasteiger partial charge in [-0.05, 0) is 63.3 Å². The predicted molar refractivity (Wildman–Crippen MR) is 104 cm³/mol. The van der Waals surface area contributed by atoms with Gasteiger partial charge in [0.15, 0.2) is 11.6 Å². The number of hydrazine groups is 1. The van der Waals surface area contributed by atoms with Crippen LogP contribution < -0.4 is 16.5 Å². The Morgan fingerprint density at radius 1 is 0.962 bits per heavy atom. The number of aromatic nitrogens is 2. The Morgan fingerprint density at radius 3 is 2.15 bits per heavy atom. The van der Waals surface area contributed by atoms with Crippen LogP contribution in [-0.4, -0.2) is 58.6 Å². The van der Waals surface area contributed by atoms with E-state index in [1.807, 2.05) is 0 Å². The van der Waals surface area contributed by atoms with Gasteiger partial charge in [0.25, 0.3) is 0 Å². The first kappa shape index (κ1) is 16.6. The molecule has 1 aromatic heterocycles. The van der Waals surface area contributed by atoms with E-state index < -0.39 is 0 Å². The fraction of sp³-hybridized carbons (Fsp3) is 0.789. The number of piperazine rings is 1. The van der Waals surface area contributed by atoms with E-state index in [1.165, 1.54) is 38.5 Å². The van der Waals surface area contributed by atoms with E-state index in [0.717, 1.165) is 55.6 Å². The molecule has 4 bridgehead atoms. The molecule has 1 saturated heterocycles. The SMILES string of the molecule is CN1CCN(Nc2ncnc(NC34CC5CC(CC(C5)C3)C4)c2N)CC1. The van der Waals surface area contributed by atoms with Crippen molar-refractivity contribution in [3.8, 4) is 0 Å². The number of nitrogens with zero attached hydrogens (tertiary/aromatic N) is 4. The molecule has 4 aliphatic carbocycles. The zero-order chi connectivity index (χ0) is 17.7. The molecule has 0 unspecified atom stereocenters. The van der Waals surface area contributed by atoms with Crippen molar-refractivity contribution in [3.63, 3.8) is 0 Å². The van der Waals surface area contributed by atoms with Gasteiger partial charge in [0.05, 0.1) is 0 Å². The summed E-state index contributed by atoms with van der Waals surface area (Å²) in [6.45, 7) is 4.04. The Bertz CT molecular complexity index is 633. The molecule has 1 aliphatic heterocycles. The van der Waals surface area contributed by atoms with E-state index in [9.17, 15) is 0 Å². The summed E-state index contributed by atoms with van der Waals surface area (Å²) in [7, 11) is 2.16. The molecule has 26 heavy (non-hydrogen) atoms. The Labute approximate surface area is 155 Å². The normalized spacial score (nSPS) is 37.0. The number of rotatable bonds is 4. The molecular formula is C19H31N7. The molecular weight excluding hydrogens is 326 g/mol. The van der Waals surface area contributed by atoms with Crippen molar-refractivity contribution in [1.82, 2.24) is 19.9 Å². The third-order valence-electron chi connectivity index (χ3n) is 7.07. The summed E-state index contributed by atoms with van der Waals surface area (Å²) in [4.78, 5) is 11.2. The van der Waals surface area contributed by atoms with Crippen LogP contribution in [0.5, 0.6) is 0 Å². The standard InChI is InChI=1S/C19H31N7/c1-25-2-4-26(5-3-25)24-18-16(20)17(21-12-22-18)23-19-9-13-6-14(10-19)8-15(7-13)11-19/h12-15H,2-11,20H2,1H3,(H2,21,22,23,24). The molecule has 0 spiro atoms. The Morgan fingerprint density at radius 2 is 1.54 bits per heavy atom. The van der Waals surface area contributed by atoms with E-state index in [2.05, 4.69) is 37.7 Å². The number of likely N-dealkylation sites (N-methyl/N-ethyl adjacent to an activating group) is 1. The van der Waals surface area contributed by atoms with Crippen molar-refractivity contribution < 1.29 is 0 Å². The Hall–Kier alpha value is -1.60. The lowest BCUT2D eigenvalue weighted by molar-refractivity contribution is 0.0106. The van der Waals surface area contributed by atoms with Crippen LogP contribution in [0.25, 0.3) is 0 Å². The quantitative estimate of drug-likeness (QED) is 0.760. The smallest absolute Gasteiger partial charge is 0.169 e. The average Bonchev–Trinajstić information content (AvgIpc) is 2.59. The number of nitrogens with one attached hydrogen (secondary N) is 2. The van der Waals surface area contributed by atoms with Crippen LogP contribution >= 0.6 is 0 Å². The van der Waals surface area contributed by atoms with Gasteiger partial charge >= 0.3 is 0 Å². The van der Waals surface area contributed by atoms with E-state index in [4.69, 9.17) is 5.73 Å². The topological polar surface area (TPSA) is 82.3 Å². The molecule has 142 valence electrons. The van der Waals surface area contributed by atoms with Crippen molar-refractivity contribution >= 4 is 17.3 Å². The molecule has 5 aliphatic rings. The first-order valence-corrected chi connectivity index (χ1v) is 10.2. The van der Waals surface area contributed by atoms with Crippen molar-refractivity contribution in [1.29, 1.82) is 0 Å². The largest absolute Gasteiger partial charge is 0.393 e. The van der Waals surface area contributed by atoms with Gasteiger partial charge in [-0.3, -0.25) is 0 Å². The first-order valence-electron chi connectivity index (χ1n) is 10.2. The van der Waals surface area contributed by atoms with E-state index in [1.54, 1.807) is 6.33 Å². The van der Waals surface area contributed by atoms with Crippen molar-refractivity contribution in [3.05, 3.63) is 6.33 Å². The number of hydrogen-bond acceptors (Lipinski definition) is 7. The molecule has 4 saturated carbocycles. The van der Waals surface area contributed by atoms with Gasteiger partial charge < -0.3 is 21.4 Å². The first-order chi connectivity index (χ1) is 12.6. The zero-order valence-electron chi connectivity index (χ0n) is 15.7. The van der Waals surface area contributed by atoms with E-state index >= 15 is 0 Å². The maximum absolute atomic E-state index is 6.47. The third-order valence-corrected chi connectivity index (χ3v) is 7.07. The summed E-state index contributed by atoms with van der Waals surface area (Å²) >= 11 is 0. The highest BCUT2D eigenvalue weighted by molar-refractivity contribution is 5.74. The molecule has 0 aromatic carbocycles. The predicted octanol–water partition coefficient (Wildman–Crippen LogP) is 2.01. The summed E-state index contributed by atoms with van der Waals surface area (Å²) in [6.07, 6.45) is 9.80. The zero-order valence-corrected chi connectivity index (χ0v) is 15.7. The van der Waals surface area contributed by atoms with Gasteiger partial charge in [-0.25, -0.2) is 15.0 Å². The highest BCUT2D eigenvalue weighted by Gasteiger charge is 2.51. The molecule has 4 N–H and O–H groups in total. The molecule has 7 heteroatoms. The van der Waals surface area contributed by atoms with Crippen LogP contribution in [0.1, 0.15) is 38.5 Å². The summed E-state index contributed by atoms with van der Waals surface area (Å²) < 4.78 is 0. The molecule has 5 fully saturated rings. The fourth-order valence-electron chi connectivity index (χ4n) is 6.17. The Balaban J connectivity index is 1.32. The minimum absolute atomic E-state index is 0.211. The van der Waals surface area contributed by atoms with Gasteiger partial charge in [0, 0.05) is 31.7 Å². The third kappa shape index (κ3) is 3.01. The van der Waals surface area contributed by atoms with Crippen molar-refractivity contribution in [2.45, 2.75) is 44.1 Å². The molecule has 7 nitrogen and oxygen atoms in total. The maximum Gasteiger partial charge on any atom is 0.169 e. The highest BCUT2D eigenvalue weighted by Crippen LogP contribution is 2.56. The second-order valence-electron chi connectivity index (χ2n) is 9.21. The number of hydrogen-bond donors (Lipinski definition) is 3. The molecule has 6 rings (SSSR count). The van der Waals surface area contributed by atoms with Gasteiger partial charge in [-0.15, -0.1) is 0 Å². The molecule has 0 radical (unpaired) electrons. The number of anilines is 3. The van der Waals surface area contributed by atoms with Gasteiger partial charge in [-0.1, -0.05) is 0 Å². The van der Waals surface area contributed by atoms with Crippen LogP contribution in [0.3, 0.4) is 0 Å². The van der Waals surface area contributed by atoms with Gasteiger partial charge in [-0.2, -0.15) is 0 Å². The number of nitrogen functional groups attached to an aromatic ring is 1.